The zero-order valence-corrected chi connectivity index (χ0v) is 12.1. The van der Waals surface area contributed by atoms with Crippen LogP contribution in [0.1, 0.15) is 18.7 Å². The highest BCUT2D eigenvalue weighted by molar-refractivity contribution is 6.06. The molecular formula is C18H15N3O. The Labute approximate surface area is 127 Å². The van der Waals surface area contributed by atoms with Gasteiger partial charge in [-0.25, -0.2) is 4.98 Å². The minimum atomic E-state index is 0.888. The van der Waals surface area contributed by atoms with E-state index in [9.17, 15) is 0 Å². The second kappa shape index (κ2) is 4.44. The third kappa shape index (κ3) is 1.58. The van der Waals surface area contributed by atoms with Crippen LogP contribution in [-0.4, -0.2) is 14.5 Å². The van der Waals surface area contributed by atoms with Crippen LogP contribution in [0, 0.1) is 0 Å². The molecular weight excluding hydrogens is 274 g/mol. The summed E-state index contributed by atoms with van der Waals surface area (Å²) in [7, 11) is 0. The lowest BCUT2D eigenvalue weighted by Gasteiger charge is -2.12. The Kier molecular flexibility index (Phi) is 2.41. The molecule has 5 rings (SSSR count). The molecule has 0 aliphatic carbocycles. The maximum Gasteiger partial charge on any atom is 0.228 e. The van der Waals surface area contributed by atoms with Crippen LogP contribution in [0.5, 0.6) is 0 Å². The minimum Gasteiger partial charge on any atom is -0.437 e. The fraction of sp³-hybridized carbons (Fsp3) is 0.222. The Morgan fingerprint density at radius 2 is 2.05 bits per heavy atom. The molecule has 1 aromatic carbocycles. The van der Waals surface area contributed by atoms with Gasteiger partial charge in [0.2, 0.25) is 5.71 Å². The SMILES string of the molecule is c1ccc(-c2cccc3c2oc2c3nc3n2CCCC3)nc1. The van der Waals surface area contributed by atoms with E-state index in [4.69, 9.17) is 9.40 Å². The Hall–Kier alpha value is -2.62. The van der Waals surface area contributed by atoms with Crippen LogP contribution in [0.2, 0.25) is 0 Å². The van der Waals surface area contributed by atoms with Crippen LogP contribution in [-0.2, 0) is 13.0 Å². The van der Waals surface area contributed by atoms with E-state index >= 15 is 0 Å². The van der Waals surface area contributed by atoms with Gasteiger partial charge < -0.3 is 4.42 Å². The smallest absolute Gasteiger partial charge is 0.228 e. The average molecular weight is 289 g/mol. The molecule has 0 radical (unpaired) electrons. The Morgan fingerprint density at radius 1 is 1.05 bits per heavy atom. The van der Waals surface area contributed by atoms with E-state index in [1.807, 2.05) is 24.4 Å². The standard InChI is InChI=1S/C18H15N3O/c1-3-10-19-14(8-1)12-6-5-7-13-16-18(22-17(12)13)21-11-4-2-9-15(21)20-16/h1,3,5-8,10H,2,4,9,11H2. The van der Waals surface area contributed by atoms with Gasteiger partial charge in [0.15, 0.2) is 0 Å². The maximum atomic E-state index is 6.24. The Balaban J connectivity index is 1.84. The molecule has 1 aliphatic rings. The number of hydrogen-bond donors (Lipinski definition) is 0. The molecule has 4 heterocycles. The number of furan rings is 1. The summed E-state index contributed by atoms with van der Waals surface area (Å²) in [5.74, 6) is 1.16. The van der Waals surface area contributed by atoms with Gasteiger partial charge in [-0.3, -0.25) is 9.55 Å². The van der Waals surface area contributed by atoms with Gasteiger partial charge in [0.25, 0.3) is 0 Å². The van der Waals surface area contributed by atoms with Crippen LogP contribution >= 0.6 is 0 Å². The number of aryl methyl sites for hydroxylation is 2. The number of benzene rings is 1. The predicted molar refractivity (Wildman–Crippen MR) is 85.7 cm³/mol. The van der Waals surface area contributed by atoms with Gasteiger partial charge in [0.1, 0.15) is 16.9 Å². The highest BCUT2D eigenvalue weighted by Crippen LogP contribution is 2.36. The van der Waals surface area contributed by atoms with Crippen LogP contribution in [0.25, 0.3) is 33.5 Å². The summed E-state index contributed by atoms with van der Waals surface area (Å²) < 4.78 is 8.47. The molecule has 108 valence electrons. The molecule has 0 N–H and O–H groups in total. The molecule has 0 saturated heterocycles. The lowest BCUT2D eigenvalue weighted by Crippen LogP contribution is -2.09. The fourth-order valence-electron chi connectivity index (χ4n) is 3.39. The summed E-state index contributed by atoms with van der Waals surface area (Å²) in [5, 5.41) is 1.08. The first-order valence-corrected chi connectivity index (χ1v) is 7.74. The van der Waals surface area contributed by atoms with Crippen molar-refractivity contribution in [2.45, 2.75) is 25.8 Å². The van der Waals surface area contributed by atoms with Crippen molar-refractivity contribution in [3.05, 3.63) is 48.4 Å². The van der Waals surface area contributed by atoms with Crippen molar-refractivity contribution < 1.29 is 4.42 Å². The molecule has 3 aromatic heterocycles. The number of nitrogens with zero attached hydrogens (tertiary/aromatic N) is 3. The van der Waals surface area contributed by atoms with Crippen LogP contribution in [0.3, 0.4) is 0 Å². The van der Waals surface area contributed by atoms with Crippen molar-refractivity contribution in [1.29, 1.82) is 0 Å². The van der Waals surface area contributed by atoms with Crippen molar-refractivity contribution in [2.24, 2.45) is 0 Å². The molecule has 4 heteroatoms. The molecule has 0 fully saturated rings. The normalized spacial score (nSPS) is 14.5. The van der Waals surface area contributed by atoms with E-state index in [0.717, 1.165) is 52.2 Å². The number of para-hydroxylation sites is 1. The van der Waals surface area contributed by atoms with E-state index in [-0.39, 0.29) is 0 Å². The van der Waals surface area contributed by atoms with E-state index in [1.165, 1.54) is 12.8 Å². The van der Waals surface area contributed by atoms with Crippen molar-refractivity contribution in [3.63, 3.8) is 0 Å². The molecule has 22 heavy (non-hydrogen) atoms. The molecule has 0 saturated carbocycles. The molecule has 0 spiro atoms. The molecule has 1 aliphatic heterocycles. The first-order valence-electron chi connectivity index (χ1n) is 7.74. The summed E-state index contributed by atoms with van der Waals surface area (Å²) in [6.45, 7) is 1.00. The van der Waals surface area contributed by atoms with Gasteiger partial charge in [0.05, 0.1) is 5.69 Å². The van der Waals surface area contributed by atoms with Gasteiger partial charge in [-0.2, -0.15) is 0 Å². The summed E-state index contributed by atoms with van der Waals surface area (Å²) >= 11 is 0. The number of hydrogen-bond acceptors (Lipinski definition) is 3. The highest BCUT2D eigenvalue weighted by Gasteiger charge is 2.21. The second-order valence-electron chi connectivity index (χ2n) is 5.79. The van der Waals surface area contributed by atoms with Gasteiger partial charge in [-0.1, -0.05) is 12.1 Å². The van der Waals surface area contributed by atoms with E-state index < -0.39 is 0 Å². The highest BCUT2D eigenvalue weighted by atomic mass is 16.3. The largest absolute Gasteiger partial charge is 0.437 e. The topological polar surface area (TPSA) is 43.9 Å². The van der Waals surface area contributed by atoms with E-state index in [1.54, 1.807) is 0 Å². The van der Waals surface area contributed by atoms with Crippen molar-refractivity contribution in [3.8, 4) is 11.3 Å². The van der Waals surface area contributed by atoms with Crippen LogP contribution < -0.4 is 0 Å². The van der Waals surface area contributed by atoms with E-state index in [2.05, 4.69) is 27.8 Å². The third-order valence-electron chi connectivity index (χ3n) is 4.44. The zero-order chi connectivity index (χ0) is 14.5. The molecule has 4 nitrogen and oxygen atoms in total. The van der Waals surface area contributed by atoms with Crippen molar-refractivity contribution in [1.82, 2.24) is 14.5 Å². The lowest BCUT2D eigenvalue weighted by atomic mass is 10.1. The van der Waals surface area contributed by atoms with Gasteiger partial charge in [-0.15, -0.1) is 0 Å². The zero-order valence-electron chi connectivity index (χ0n) is 12.1. The quantitative estimate of drug-likeness (QED) is 0.528. The first kappa shape index (κ1) is 12.0. The molecule has 4 aromatic rings. The lowest BCUT2D eigenvalue weighted by molar-refractivity contribution is 0.502. The summed E-state index contributed by atoms with van der Waals surface area (Å²) in [4.78, 5) is 9.28. The van der Waals surface area contributed by atoms with Crippen LogP contribution in [0.15, 0.2) is 47.0 Å². The summed E-state index contributed by atoms with van der Waals surface area (Å²) in [6.07, 6.45) is 5.27. The van der Waals surface area contributed by atoms with Gasteiger partial charge in [0, 0.05) is 30.1 Å². The fourth-order valence-corrected chi connectivity index (χ4v) is 3.39. The molecule has 0 atom stereocenters. The molecule has 0 amide bonds. The number of imidazole rings is 1. The van der Waals surface area contributed by atoms with E-state index in [0.29, 0.717) is 0 Å². The summed E-state index contributed by atoms with van der Waals surface area (Å²) in [6, 6.07) is 12.1. The molecule has 0 bridgehead atoms. The Bertz CT molecular complexity index is 982. The van der Waals surface area contributed by atoms with Gasteiger partial charge >= 0.3 is 0 Å². The Morgan fingerprint density at radius 3 is 2.95 bits per heavy atom. The van der Waals surface area contributed by atoms with Crippen molar-refractivity contribution in [2.75, 3.05) is 0 Å². The maximum absolute atomic E-state index is 6.24. The number of fused-ring (bicyclic) bond motifs is 5. The van der Waals surface area contributed by atoms with Crippen molar-refractivity contribution >= 4 is 22.2 Å². The minimum absolute atomic E-state index is 0.888. The second-order valence-corrected chi connectivity index (χ2v) is 5.79. The predicted octanol–water partition coefficient (Wildman–Crippen LogP) is 4.18. The third-order valence-corrected chi connectivity index (χ3v) is 4.44. The number of rotatable bonds is 1. The first-order chi connectivity index (χ1) is 10.9. The molecule has 0 unspecified atom stereocenters. The average Bonchev–Trinajstić information content (AvgIpc) is 3.12. The number of pyridine rings is 1. The van der Waals surface area contributed by atoms with Crippen LogP contribution in [0.4, 0.5) is 0 Å². The monoisotopic (exact) mass is 289 g/mol. The van der Waals surface area contributed by atoms with Gasteiger partial charge in [-0.05, 0) is 37.1 Å². The summed E-state index contributed by atoms with van der Waals surface area (Å²) in [5.41, 5.74) is 4.75. The number of aromatic nitrogens is 3.